The van der Waals surface area contributed by atoms with E-state index in [1.54, 1.807) is 14.2 Å². The molecule has 5 nitrogen and oxygen atoms in total. The number of methoxy groups -OCH3 is 2. The van der Waals surface area contributed by atoms with Crippen LogP contribution in [0, 0.1) is 5.92 Å². The summed E-state index contributed by atoms with van der Waals surface area (Å²) >= 11 is 0. The van der Waals surface area contributed by atoms with Crippen molar-refractivity contribution in [1.29, 1.82) is 0 Å². The second-order valence-corrected chi connectivity index (χ2v) is 7.69. The minimum atomic E-state index is -0.221. The average molecular weight is 394 g/mol. The molecule has 0 N–H and O–H groups in total. The van der Waals surface area contributed by atoms with Crippen LogP contribution in [0.4, 0.5) is 0 Å². The van der Waals surface area contributed by atoms with Gasteiger partial charge in [-0.05, 0) is 42.5 Å². The molecule has 0 heterocycles. The van der Waals surface area contributed by atoms with E-state index in [4.69, 9.17) is 14.2 Å². The number of hydrogen-bond donors (Lipinski definition) is 0. The fourth-order valence-corrected chi connectivity index (χ4v) is 4.48. The summed E-state index contributed by atoms with van der Waals surface area (Å²) in [5.41, 5.74) is 3.40. The molecule has 1 saturated carbocycles. The van der Waals surface area contributed by atoms with Gasteiger partial charge in [0.1, 0.15) is 0 Å². The summed E-state index contributed by atoms with van der Waals surface area (Å²) in [6, 6.07) is 9.39. The Morgan fingerprint density at radius 3 is 2.34 bits per heavy atom. The summed E-state index contributed by atoms with van der Waals surface area (Å²) in [5.74, 6) is 1.12. The number of ketones is 1. The standard InChI is InChI=1S/C24H26O5/c1-27-21-14-12-19(16-9-6-10-18-17(16)11-13-20(18)25)22(23(21)28-2)29-24(26)15-7-4-3-5-8-15/h6,9-10,12,14-15H,3-5,7-8,11,13H2,1-2H3. The van der Waals surface area contributed by atoms with Crippen LogP contribution in [0.3, 0.4) is 0 Å². The number of carbonyl (C=O) groups is 2. The fourth-order valence-electron chi connectivity index (χ4n) is 4.48. The monoisotopic (exact) mass is 394 g/mol. The molecule has 0 unspecified atom stereocenters. The van der Waals surface area contributed by atoms with Crippen molar-refractivity contribution in [1.82, 2.24) is 0 Å². The number of Topliss-reactive ketones (excluding diaryl/α,β-unsaturated/α-hetero) is 1. The van der Waals surface area contributed by atoms with Crippen LogP contribution >= 0.6 is 0 Å². The molecule has 2 aliphatic carbocycles. The summed E-state index contributed by atoms with van der Waals surface area (Å²) in [6.07, 6.45) is 6.19. The van der Waals surface area contributed by atoms with E-state index in [-0.39, 0.29) is 17.7 Å². The molecule has 2 aromatic rings. The van der Waals surface area contributed by atoms with Gasteiger partial charge in [-0.25, -0.2) is 0 Å². The minimum absolute atomic E-state index is 0.0874. The van der Waals surface area contributed by atoms with Gasteiger partial charge >= 0.3 is 5.97 Å². The zero-order valence-corrected chi connectivity index (χ0v) is 17.0. The summed E-state index contributed by atoms with van der Waals surface area (Å²) in [5, 5.41) is 0. The first-order valence-electron chi connectivity index (χ1n) is 10.3. The zero-order chi connectivity index (χ0) is 20.4. The summed E-state index contributed by atoms with van der Waals surface area (Å²) < 4.78 is 17.0. The van der Waals surface area contributed by atoms with Gasteiger partial charge in [0.2, 0.25) is 5.75 Å². The lowest BCUT2D eigenvalue weighted by Gasteiger charge is -2.22. The topological polar surface area (TPSA) is 61.8 Å². The third-order valence-electron chi connectivity index (χ3n) is 6.01. The summed E-state index contributed by atoms with van der Waals surface area (Å²) in [4.78, 5) is 25.1. The largest absolute Gasteiger partial charge is 0.493 e. The molecule has 0 atom stereocenters. The van der Waals surface area contributed by atoms with Gasteiger partial charge in [-0.3, -0.25) is 9.59 Å². The van der Waals surface area contributed by atoms with E-state index in [0.717, 1.165) is 47.9 Å². The number of esters is 1. The Balaban J connectivity index is 1.81. The molecule has 152 valence electrons. The Morgan fingerprint density at radius 1 is 0.862 bits per heavy atom. The number of ether oxygens (including phenoxy) is 3. The van der Waals surface area contributed by atoms with E-state index in [1.807, 2.05) is 30.3 Å². The molecule has 0 aromatic heterocycles. The van der Waals surface area contributed by atoms with Gasteiger partial charge < -0.3 is 14.2 Å². The Bertz CT molecular complexity index is 941. The number of rotatable bonds is 5. The molecule has 2 aliphatic rings. The first-order chi connectivity index (χ1) is 14.1. The highest BCUT2D eigenvalue weighted by atomic mass is 16.6. The molecule has 0 radical (unpaired) electrons. The number of benzene rings is 2. The first kappa shape index (κ1) is 19.5. The third kappa shape index (κ3) is 3.61. The molecule has 0 bridgehead atoms. The Labute approximate surface area is 171 Å². The Morgan fingerprint density at radius 2 is 1.62 bits per heavy atom. The van der Waals surface area contributed by atoms with Crippen molar-refractivity contribution in [2.45, 2.75) is 44.9 Å². The van der Waals surface area contributed by atoms with E-state index in [2.05, 4.69) is 0 Å². The van der Waals surface area contributed by atoms with Crippen LogP contribution < -0.4 is 14.2 Å². The van der Waals surface area contributed by atoms with E-state index >= 15 is 0 Å². The highest BCUT2D eigenvalue weighted by molar-refractivity contribution is 6.03. The van der Waals surface area contributed by atoms with Gasteiger partial charge in [0, 0.05) is 17.5 Å². The van der Waals surface area contributed by atoms with Crippen LogP contribution in [-0.4, -0.2) is 26.0 Å². The van der Waals surface area contributed by atoms with Crippen molar-refractivity contribution in [2.75, 3.05) is 14.2 Å². The average Bonchev–Trinajstić information content (AvgIpc) is 3.15. The van der Waals surface area contributed by atoms with Crippen LogP contribution in [0.1, 0.15) is 54.4 Å². The van der Waals surface area contributed by atoms with Crippen LogP contribution in [0.2, 0.25) is 0 Å². The Kier molecular flexibility index (Phi) is 5.56. The molecule has 1 fully saturated rings. The molecular formula is C24H26O5. The summed E-state index contributed by atoms with van der Waals surface area (Å²) in [6.45, 7) is 0. The Hall–Kier alpha value is -2.82. The molecule has 0 saturated heterocycles. The molecule has 5 heteroatoms. The predicted octanol–water partition coefficient (Wildman–Crippen LogP) is 4.99. The third-order valence-corrected chi connectivity index (χ3v) is 6.01. The van der Waals surface area contributed by atoms with Gasteiger partial charge in [-0.1, -0.05) is 37.5 Å². The van der Waals surface area contributed by atoms with E-state index in [1.165, 1.54) is 6.42 Å². The van der Waals surface area contributed by atoms with Crippen molar-refractivity contribution in [3.05, 3.63) is 41.5 Å². The van der Waals surface area contributed by atoms with Gasteiger partial charge in [0.25, 0.3) is 0 Å². The predicted molar refractivity (Wildman–Crippen MR) is 110 cm³/mol. The lowest BCUT2D eigenvalue weighted by Crippen LogP contribution is -2.23. The van der Waals surface area contributed by atoms with Crippen LogP contribution in [0.25, 0.3) is 11.1 Å². The second-order valence-electron chi connectivity index (χ2n) is 7.69. The van der Waals surface area contributed by atoms with Crippen LogP contribution in [0.5, 0.6) is 17.2 Å². The smallest absolute Gasteiger partial charge is 0.314 e. The van der Waals surface area contributed by atoms with E-state index < -0.39 is 0 Å². The maximum absolute atomic E-state index is 12.9. The summed E-state index contributed by atoms with van der Waals surface area (Å²) in [7, 11) is 3.10. The van der Waals surface area contributed by atoms with Gasteiger partial charge in [-0.2, -0.15) is 0 Å². The van der Waals surface area contributed by atoms with Crippen molar-refractivity contribution >= 4 is 11.8 Å². The maximum atomic E-state index is 12.9. The minimum Gasteiger partial charge on any atom is -0.493 e. The first-order valence-corrected chi connectivity index (χ1v) is 10.3. The SMILES string of the molecule is COc1ccc(-c2cccc3c2CCC3=O)c(OC(=O)C2CCCCC2)c1OC. The second kappa shape index (κ2) is 8.27. The molecule has 0 spiro atoms. The van der Waals surface area contributed by atoms with Gasteiger partial charge in [0.05, 0.1) is 20.1 Å². The van der Waals surface area contributed by atoms with E-state index in [9.17, 15) is 9.59 Å². The van der Waals surface area contributed by atoms with Gasteiger partial charge in [0.15, 0.2) is 17.3 Å². The molecule has 0 amide bonds. The van der Waals surface area contributed by atoms with Crippen LogP contribution in [0.15, 0.2) is 30.3 Å². The lowest BCUT2D eigenvalue weighted by molar-refractivity contribution is -0.140. The number of hydrogen-bond acceptors (Lipinski definition) is 5. The quantitative estimate of drug-likeness (QED) is 0.528. The normalized spacial score (nSPS) is 16.4. The van der Waals surface area contributed by atoms with Crippen molar-refractivity contribution in [3.8, 4) is 28.4 Å². The van der Waals surface area contributed by atoms with Crippen molar-refractivity contribution < 1.29 is 23.8 Å². The highest BCUT2D eigenvalue weighted by Crippen LogP contribution is 2.47. The molecular weight excluding hydrogens is 368 g/mol. The lowest BCUT2D eigenvalue weighted by atomic mass is 9.89. The molecule has 29 heavy (non-hydrogen) atoms. The highest BCUT2D eigenvalue weighted by Gasteiger charge is 2.29. The van der Waals surface area contributed by atoms with Crippen molar-refractivity contribution in [2.24, 2.45) is 5.92 Å². The fraction of sp³-hybridized carbons (Fsp3) is 0.417. The number of carbonyl (C=O) groups excluding carboxylic acids is 2. The van der Waals surface area contributed by atoms with Crippen LogP contribution in [-0.2, 0) is 11.2 Å². The van der Waals surface area contributed by atoms with E-state index in [0.29, 0.717) is 30.1 Å². The molecule has 2 aromatic carbocycles. The maximum Gasteiger partial charge on any atom is 0.314 e. The number of fused-ring (bicyclic) bond motifs is 1. The zero-order valence-electron chi connectivity index (χ0n) is 17.0. The molecule has 0 aliphatic heterocycles. The van der Waals surface area contributed by atoms with Crippen molar-refractivity contribution in [3.63, 3.8) is 0 Å². The van der Waals surface area contributed by atoms with Gasteiger partial charge in [-0.15, -0.1) is 0 Å². The molecule has 4 rings (SSSR count).